The molecular formula is C14H25F2NS. The topological polar surface area (TPSA) is 12.0 Å². The van der Waals surface area contributed by atoms with Gasteiger partial charge in [0.05, 0.1) is 0 Å². The van der Waals surface area contributed by atoms with Gasteiger partial charge in [-0.25, -0.2) is 8.78 Å². The number of rotatable bonds is 5. The fourth-order valence-corrected chi connectivity index (χ4v) is 4.44. The number of hydrogen-bond donors (Lipinski definition) is 1. The van der Waals surface area contributed by atoms with Gasteiger partial charge in [-0.3, -0.25) is 0 Å². The molecule has 0 spiro atoms. The lowest BCUT2D eigenvalue weighted by Gasteiger charge is -2.29. The molecule has 0 aliphatic heterocycles. The first-order valence-corrected chi connectivity index (χ1v) is 8.37. The first-order chi connectivity index (χ1) is 8.59. The summed E-state index contributed by atoms with van der Waals surface area (Å²) in [6.45, 7) is 3.00. The summed E-state index contributed by atoms with van der Waals surface area (Å²) in [6, 6.07) is 0.574. The summed E-state index contributed by atoms with van der Waals surface area (Å²) in [5, 5.41) is 4.32. The summed E-state index contributed by atoms with van der Waals surface area (Å²) in [6.07, 6.45) is 5.60. The van der Waals surface area contributed by atoms with E-state index in [9.17, 15) is 8.78 Å². The molecule has 18 heavy (non-hydrogen) atoms. The quantitative estimate of drug-likeness (QED) is 0.813. The highest BCUT2D eigenvalue weighted by Crippen LogP contribution is 2.36. The minimum absolute atomic E-state index is 0.0971. The maximum Gasteiger partial charge on any atom is 0.248 e. The molecule has 2 aliphatic rings. The van der Waals surface area contributed by atoms with E-state index in [1.54, 1.807) is 0 Å². The van der Waals surface area contributed by atoms with Gasteiger partial charge in [0, 0.05) is 24.1 Å². The summed E-state index contributed by atoms with van der Waals surface area (Å²) < 4.78 is 26.6. The highest BCUT2D eigenvalue weighted by Gasteiger charge is 2.36. The fourth-order valence-electron chi connectivity index (χ4n) is 3.30. The molecular weight excluding hydrogens is 252 g/mol. The number of hydrogen-bond acceptors (Lipinski definition) is 2. The number of alkyl halides is 2. The second-order valence-electron chi connectivity index (χ2n) is 5.81. The van der Waals surface area contributed by atoms with Crippen molar-refractivity contribution in [3.05, 3.63) is 0 Å². The van der Waals surface area contributed by atoms with Gasteiger partial charge in [0.25, 0.3) is 0 Å². The highest BCUT2D eigenvalue weighted by molar-refractivity contribution is 7.99. The molecule has 0 saturated heterocycles. The first-order valence-electron chi connectivity index (χ1n) is 7.32. The van der Waals surface area contributed by atoms with Crippen molar-refractivity contribution in [1.29, 1.82) is 0 Å². The standard InChI is InChI=1S/C14H25F2NS/c1-2-18-13-6-5-12(8-13)17-10-11-4-3-7-14(15,16)9-11/h11-13,17H,2-10H2,1H3. The normalized spacial score (nSPS) is 35.8. The van der Waals surface area contributed by atoms with E-state index in [2.05, 4.69) is 12.2 Å². The molecule has 2 saturated carbocycles. The van der Waals surface area contributed by atoms with E-state index >= 15 is 0 Å². The van der Waals surface area contributed by atoms with Crippen LogP contribution in [0.2, 0.25) is 0 Å². The van der Waals surface area contributed by atoms with Gasteiger partial charge in [0.1, 0.15) is 0 Å². The molecule has 3 atom stereocenters. The van der Waals surface area contributed by atoms with E-state index in [0.717, 1.165) is 18.2 Å². The maximum atomic E-state index is 13.3. The molecule has 2 fully saturated rings. The van der Waals surface area contributed by atoms with Crippen LogP contribution in [0.25, 0.3) is 0 Å². The van der Waals surface area contributed by atoms with Crippen LogP contribution in [0.5, 0.6) is 0 Å². The smallest absolute Gasteiger partial charge is 0.248 e. The number of nitrogens with one attached hydrogen (secondary N) is 1. The maximum absolute atomic E-state index is 13.3. The Labute approximate surface area is 113 Å². The minimum atomic E-state index is -2.40. The Kier molecular flexibility index (Phi) is 5.31. The number of halogens is 2. The fraction of sp³-hybridized carbons (Fsp3) is 1.00. The molecule has 0 radical (unpaired) electrons. The van der Waals surface area contributed by atoms with E-state index in [1.807, 2.05) is 11.8 Å². The van der Waals surface area contributed by atoms with Crippen molar-refractivity contribution >= 4 is 11.8 Å². The summed E-state index contributed by atoms with van der Waals surface area (Å²) >= 11 is 2.04. The molecule has 0 aromatic rings. The monoisotopic (exact) mass is 277 g/mol. The third kappa shape index (κ3) is 4.37. The van der Waals surface area contributed by atoms with Crippen molar-refractivity contribution in [1.82, 2.24) is 5.32 Å². The van der Waals surface area contributed by atoms with Crippen molar-refractivity contribution in [3.63, 3.8) is 0 Å². The highest BCUT2D eigenvalue weighted by atomic mass is 32.2. The molecule has 1 N–H and O–H groups in total. The van der Waals surface area contributed by atoms with Crippen LogP contribution < -0.4 is 5.32 Å². The SMILES string of the molecule is CCSC1CCC(NCC2CCCC(F)(F)C2)C1. The average Bonchev–Trinajstić information content (AvgIpc) is 2.74. The van der Waals surface area contributed by atoms with E-state index in [-0.39, 0.29) is 18.8 Å². The van der Waals surface area contributed by atoms with Crippen molar-refractivity contribution in [2.45, 2.75) is 69.1 Å². The van der Waals surface area contributed by atoms with Gasteiger partial charge in [-0.15, -0.1) is 0 Å². The lowest BCUT2D eigenvalue weighted by atomic mass is 9.86. The molecule has 0 heterocycles. The first kappa shape index (κ1) is 14.6. The lowest BCUT2D eigenvalue weighted by Crippen LogP contribution is -2.36. The Morgan fingerprint density at radius 3 is 2.83 bits per heavy atom. The van der Waals surface area contributed by atoms with Gasteiger partial charge >= 0.3 is 0 Å². The Morgan fingerprint density at radius 1 is 1.28 bits per heavy atom. The van der Waals surface area contributed by atoms with Gasteiger partial charge in [0.15, 0.2) is 0 Å². The predicted octanol–water partition coefficient (Wildman–Crippen LogP) is 4.08. The predicted molar refractivity (Wildman–Crippen MR) is 74.5 cm³/mol. The molecule has 4 heteroatoms. The summed E-state index contributed by atoms with van der Waals surface area (Å²) in [7, 11) is 0. The minimum Gasteiger partial charge on any atom is -0.314 e. The molecule has 0 bridgehead atoms. The van der Waals surface area contributed by atoms with Crippen molar-refractivity contribution in [3.8, 4) is 0 Å². The third-order valence-electron chi connectivity index (χ3n) is 4.22. The lowest BCUT2D eigenvalue weighted by molar-refractivity contribution is -0.0522. The Morgan fingerprint density at radius 2 is 2.11 bits per heavy atom. The summed E-state index contributed by atoms with van der Waals surface area (Å²) in [5.41, 5.74) is 0. The van der Waals surface area contributed by atoms with Gasteiger partial charge in [0.2, 0.25) is 5.92 Å². The van der Waals surface area contributed by atoms with Crippen molar-refractivity contribution < 1.29 is 8.78 Å². The van der Waals surface area contributed by atoms with Crippen LogP contribution in [-0.2, 0) is 0 Å². The number of thioether (sulfide) groups is 1. The van der Waals surface area contributed by atoms with Crippen LogP contribution in [0.15, 0.2) is 0 Å². The van der Waals surface area contributed by atoms with Crippen LogP contribution in [0.1, 0.15) is 51.9 Å². The summed E-state index contributed by atoms with van der Waals surface area (Å²) in [4.78, 5) is 0. The molecule has 2 rings (SSSR count). The van der Waals surface area contributed by atoms with Crippen LogP contribution in [0.4, 0.5) is 8.78 Å². The van der Waals surface area contributed by atoms with E-state index in [4.69, 9.17) is 0 Å². The summed E-state index contributed by atoms with van der Waals surface area (Å²) in [5.74, 6) is -1.03. The van der Waals surface area contributed by atoms with E-state index in [1.165, 1.54) is 25.0 Å². The molecule has 0 aromatic carbocycles. The van der Waals surface area contributed by atoms with Crippen molar-refractivity contribution in [2.24, 2.45) is 5.92 Å². The van der Waals surface area contributed by atoms with Crippen LogP contribution in [0, 0.1) is 5.92 Å². The average molecular weight is 277 g/mol. The van der Waals surface area contributed by atoms with Gasteiger partial charge in [-0.2, -0.15) is 11.8 Å². The van der Waals surface area contributed by atoms with E-state index in [0.29, 0.717) is 12.5 Å². The molecule has 3 unspecified atom stereocenters. The molecule has 2 aliphatic carbocycles. The molecule has 106 valence electrons. The second kappa shape index (κ2) is 6.56. The molecule has 0 aromatic heterocycles. The Hall–Kier alpha value is 0.170. The van der Waals surface area contributed by atoms with E-state index < -0.39 is 5.92 Å². The van der Waals surface area contributed by atoms with Gasteiger partial charge < -0.3 is 5.32 Å². The van der Waals surface area contributed by atoms with Gasteiger partial charge in [-0.05, 0) is 50.3 Å². The largest absolute Gasteiger partial charge is 0.314 e. The Bertz CT molecular complexity index is 260. The van der Waals surface area contributed by atoms with Crippen LogP contribution in [0.3, 0.4) is 0 Å². The van der Waals surface area contributed by atoms with Crippen molar-refractivity contribution in [2.75, 3.05) is 12.3 Å². The zero-order valence-electron chi connectivity index (χ0n) is 11.3. The third-order valence-corrected chi connectivity index (χ3v) is 5.46. The van der Waals surface area contributed by atoms with Crippen LogP contribution in [-0.4, -0.2) is 29.5 Å². The Balaban J connectivity index is 1.66. The molecule has 0 amide bonds. The zero-order valence-corrected chi connectivity index (χ0v) is 12.1. The molecule has 1 nitrogen and oxygen atoms in total. The second-order valence-corrected chi connectivity index (χ2v) is 7.39. The zero-order chi connectivity index (χ0) is 13.0. The van der Waals surface area contributed by atoms with Crippen LogP contribution >= 0.6 is 11.8 Å². The van der Waals surface area contributed by atoms with Gasteiger partial charge in [-0.1, -0.05) is 6.92 Å².